The van der Waals surface area contributed by atoms with Crippen molar-refractivity contribution in [2.45, 2.75) is 45.1 Å². The molecule has 7 heteroatoms. The highest BCUT2D eigenvalue weighted by Gasteiger charge is 2.49. The van der Waals surface area contributed by atoms with E-state index < -0.39 is 27.6 Å². The molecule has 2 atom stereocenters. The zero-order valence-corrected chi connectivity index (χ0v) is 16.4. The standard InChI is InChI=1S/C20H24O6S/c1-20-12-10-17(21)15(16(20)8-9-18(20)26-27(2,23)24)11-13-25-19(22)14-6-4-3-5-7-14/h3-7,18H,8-13H2,1-2H3/t18-,20-/m0/s1. The number of hydrogen-bond acceptors (Lipinski definition) is 6. The number of carbonyl (C=O) groups is 2. The molecule has 1 aromatic carbocycles. The third-order valence-corrected chi connectivity index (χ3v) is 6.10. The Morgan fingerprint density at radius 2 is 1.93 bits per heavy atom. The van der Waals surface area contributed by atoms with Crippen molar-refractivity contribution < 1.29 is 26.9 Å². The lowest BCUT2D eigenvalue weighted by molar-refractivity contribution is -0.117. The molecule has 0 bridgehead atoms. The monoisotopic (exact) mass is 392 g/mol. The topological polar surface area (TPSA) is 86.7 Å². The second kappa shape index (κ2) is 7.56. The molecule has 0 unspecified atom stereocenters. The van der Waals surface area contributed by atoms with E-state index in [0.717, 1.165) is 11.8 Å². The van der Waals surface area contributed by atoms with E-state index in [1.165, 1.54) is 0 Å². The summed E-state index contributed by atoms with van der Waals surface area (Å²) in [5.41, 5.74) is 1.64. The van der Waals surface area contributed by atoms with E-state index in [4.69, 9.17) is 8.92 Å². The van der Waals surface area contributed by atoms with Gasteiger partial charge in [-0.1, -0.05) is 30.7 Å². The predicted molar refractivity (Wildman–Crippen MR) is 99.7 cm³/mol. The lowest BCUT2D eigenvalue weighted by atomic mass is 9.71. The molecule has 0 amide bonds. The SMILES string of the molecule is C[C@]12CCC(=O)C(CCOC(=O)c3ccccc3)=C1CC[C@@H]2OS(C)(=O)=O. The Morgan fingerprint density at radius 3 is 2.59 bits per heavy atom. The quantitative estimate of drug-likeness (QED) is 0.546. The van der Waals surface area contributed by atoms with Crippen molar-refractivity contribution in [2.75, 3.05) is 12.9 Å². The molecule has 6 nitrogen and oxygen atoms in total. The van der Waals surface area contributed by atoms with Crippen molar-refractivity contribution in [3.8, 4) is 0 Å². The first kappa shape index (κ1) is 19.8. The van der Waals surface area contributed by atoms with Gasteiger partial charge in [-0.25, -0.2) is 4.79 Å². The first-order chi connectivity index (χ1) is 12.7. The fourth-order valence-electron chi connectivity index (χ4n) is 4.13. The highest BCUT2D eigenvalue weighted by molar-refractivity contribution is 7.86. The van der Waals surface area contributed by atoms with Gasteiger partial charge in [0.05, 0.1) is 24.5 Å². The summed E-state index contributed by atoms with van der Waals surface area (Å²) in [5.74, 6) is -0.366. The molecule has 0 heterocycles. The molecule has 0 saturated heterocycles. The first-order valence-electron chi connectivity index (χ1n) is 9.07. The van der Waals surface area contributed by atoms with E-state index in [1.54, 1.807) is 24.3 Å². The molecule has 1 aromatic rings. The van der Waals surface area contributed by atoms with Gasteiger partial charge in [-0.2, -0.15) is 8.42 Å². The number of benzene rings is 1. The molecule has 0 N–H and O–H groups in total. The normalized spacial score (nSPS) is 25.4. The number of carbonyl (C=O) groups excluding carboxylic acids is 2. The van der Waals surface area contributed by atoms with Gasteiger partial charge in [0.1, 0.15) is 0 Å². The minimum atomic E-state index is -3.56. The van der Waals surface area contributed by atoms with Crippen LogP contribution in [0.5, 0.6) is 0 Å². The van der Waals surface area contributed by atoms with E-state index in [1.807, 2.05) is 13.0 Å². The molecular weight excluding hydrogens is 368 g/mol. The second-order valence-electron chi connectivity index (χ2n) is 7.38. The van der Waals surface area contributed by atoms with E-state index in [-0.39, 0.29) is 12.4 Å². The van der Waals surface area contributed by atoms with Gasteiger partial charge in [-0.05, 0) is 37.0 Å². The number of fused-ring (bicyclic) bond motifs is 1. The van der Waals surface area contributed by atoms with Crippen molar-refractivity contribution in [2.24, 2.45) is 5.41 Å². The maximum absolute atomic E-state index is 12.5. The minimum Gasteiger partial charge on any atom is -0.462 e. The summed E-state index contributed by atoms with van der Waals surface area (Å²) in [6, 6.07) is 8.70. The van der Waals surface area contributed by atoms with Crippen LogP contribution in [0.4, 0.5) is 0 Å². The molecule has 0 radical (unpaired) electrons. The summed E-state index contributed by atoms with van der Waals surface area (Å²) in [7, 11) is -3.56. The highest BCUT2D eigenvalue weighted by atomic mass is 32.2. The van der Waals surface area contributed by atoms with Gasteiger partial charge < -0.3 is 4.74 Å². The van der Waals surface area contributed by atoms with E-state index in [2.05, 4.69) is 0 Å². The summed E-state index contributed by atoms with van der Waals surface area (Å²) in [4.78, 5) is 24.5. The smallest absolute Gasteiger partial charge is 0.338 e. The molecule has 0 spiro atoms. The Kier molecular flexibility index (Phi) is 5.53. The molecule has 0 aliphatic heterocycles. The van der Waals surface area contributed by atoms with Crippen molar-refractivity contribution in [3.05, 3.63) is 47.0 Å². The van der Waals surface area contributed by atoms with Crippen LogP contribution in [-0.2, 0) is 23.8 Å². The Hall–Kier alpha value is -1.99. The van der Waals surface area contributed by atoms with Crippen molar-refractivity contribution in [1.82, 2.24) is 0 Å². The van der Waals surface area contributed by atoms with Crippen LogP contribution in [0.15, 0.2) is 41.5 Å². The summed E-state index contributed by atoms with van der Waals surface area (Å²) in [6.45, 7) is 2.08. The average Bonchev–Trinajstić information content (AvgIpc) is 2.93. The fraction of sp³-hybridized carbons (Fsp3) is 0.500. The van der Waals surface area contributed by atoms with E-state index in [9.17, 15) is 18.0 Å². The third-order valence-electron chi connectivity index (χ3n) is 5.51. The van der Waals surface area contributed by atoms with Crippen molar-refractivity contribution in [1.29, 1.82) is 0 Å². The van der Waals surface area contributed by atoms with E-state index >= 15 is 0 Å². The van der Waals surface area contributed by atoms with Gasteiger partial charge >= 0.3 is 5.97 Å². The Labute approximate surface area is 159 Å². The van der Waals surface area contributed by atoms with Gasteiger partial charge in [-0.3, -0.25) is 8.98 Å². The Balaban J connectivity index is 1.72. The summed E-state index contributed by atoms with van der Waals surface area (Å²) < 4.78 is 33.7. The van der Waals surface area contributed by atoms with Gasteiger partial charge in [0.25, 0.3) is 10.1 Å². The number of rotatable bonds is 6. The fourth-order valence-corrected chi connectivity index (χ4v) is 4.86. The van der Waals surface area contributed by atoms with Crippen molar-refractivity contribution >= 4 is 21.9 Å². The zero-order valence-electron chi connectivity index (χ0n) is 15.6. The van der Waals surface area contributed by atoms with E-state index in [0.29, 0.717) is 43.2 Å². The van der Waals surface area contributed by atoms with Crippen molar-refractivity contribution in [3.63, 3.8) is 0 Å². The Bertz CT molecular complexity index is 871. The number of Topliss-reactive ketones (excluding diaryl/α,β-unsaturated/α-hetero) is 1. The van der Waals surface area contributed by atoms with Crippen LogP contribution in [0.1, 0.15) is 49.4 Å². The third kappa shape index (κ3) is 4.30. The molecule has 146 valence electrons. The summed E-state index contributed by atoms with van der Waals surface area (Å²) in [6.07, 6.45) is 3.08. The number of ether oxygens (including phenoxy) is 1. The van der Waals surface area contributed by atoms with Gasteiger partial charge in [0, 0.05) is 18.3 Å². The predicted octanol–water partition coefficient (Wildman–Crippen LogP) is 3.04. The molecule has 2 aliphatic carbocycles. The number of ketones is 1. The zero-order chi connectivity index (χ0) is 19.7. The summed E-state index contributed by atoms with van der Waals surface area (Å²) >= 11 is 0. The maximum atomic E-state index is 12.5. The van der Waals surface area contributed by atoms with Crippen LogP contribution in [0.25, 0.3) is 0 Å². The molecule has 0 aromatic heterocycles. The largest absolute Gasteiger partial charge is 0.462 e. The van der Waals surface area contributed by atoms with Crippen LogP contribution in [0.2, 0.25) is 0 Å². The lowest BCUT2D eigenvalue weighted by Gasteiger charge is -2.36. The van der Waals surface area contributed by atoms with Gasteiger partial charge in [0.2, 0.25) is 0 Å². The van der Waals surface area contributed by atoms with Crippen LogP contribution in [0.3, 0.4) is 0 Å². The molecule has 27 heavy (non-hydrogen) atoms. The second-order valence-corrected chi connectivity index (χ2v) is 8.98. The summed E-state index contributed by atoms with van der Waals surface area (Å²) in [5, 5.41) is 0. The number of esters is 1. The molecule has 2 aliphatic rings. The Morgan fingerprint density at radius 1 is 1.22 bits per heavy atom. The molecule has 3 rings (SSSR count). The van der Waals surface area contributed by atoms with Gasteiger partial charge in [0.15, 0.2) is 5.78 Å². The van der Waals surface area contributed by atoms with Crippen LogP contribution >= 0.6 is 0 Å². The molecule has 1 fully saturated rings. The maximum Gasteiger partial charge on any atom is 0.338 e. The molecule has 1 saturated carbocycles. The average molecular weight is 392 g/mol. The van der Waals surface area contributed by atoms with Crippen LogP contribution < -0.4 is 0 Å². The van der Waals surface area contributed by atoms with Gasteiger partial charge in [-0.15, -0.1) is 0 Å². The highest BCUT2D eigenvalue weighted by Crippen LogP contribution is 2.52. The minimum absolute atomic E-state index is 0.0539. The van der Waals surface area contributed by atoms with Crippen LogP contribution in [0, 0.1) is 5.41 Å². The van der Waals surface area contributed by atoms with Crippen LogP contribution in [-0.4, -0.2) is 39.1 Å². The lowest BCUT2D eigenvalue weighted by Crippen LogP contribution is -2.36. The number of hydrogen-bond donors (Lipinski definition) is 0. The molecular formula is C20H24O6S. The first-order valence-corrected chi connectivity index (χ1v) is 10.9.